The molecule has 3 aromatic rings. The molecule has 116 valence electrons. The average molecular weight is 305 g/mol. The lowest BCUT2D eigenvalue weighted by atomic mass is 10.1. The van der Waals surface area contributed by atoms with E-state index in [4.69, 9.17) is 14.7 Å². The molecule has 2 aromatic carbocycles. The minimum Gasteiger partial charge on any atom is -0.379 e. The molecule has 2 heterocycles. The van der Waals surface area contributed by atoms with E-state index in [2.05, 4.69) is 17.0 Å². The largest absolute Gasteiger partial charge is 0.379 e. The molecule has 1 aromatic heterocycles. The molecule has 0 amide bonds. The fraction of sp³-hybridized carbons (Fsp3) is 0.263. The molecule has 0 radical (unpaired) electrons. The molecule has 0 spiro atoms. The Labute approximate surface area is 135 Å². The molecule has 23 heavy (non-hydrogen) atoms. The zero-order valence-corrected chi connectivity index (χ0v) is 13.0. The highest BCUT2D eigenvalue weighted by Crippen LogP contribution is 2.24. The number of rotatable bonds is 3. The van der Waals surface area contributed by atoms with Gasteiger partial charge in [-0.25, -0.2) is 9.97 Å². The summed E-state index contributed by atoms with van der Waals surface area (Å²) in [6.45, 7) is 4.29. The van der Waals surface area contributed by atoms with Gasteiger partial charge in [-0.05, 0) is 12.1 Å². The van der Waals surface area contributed by atoms with Crippen molar-refractivity contribution in [2.24, 2.45) is 0 Å². The van der Waals surface area contributed by atoms with E-state index in [0.29, 0.717) is 0 Å². The van der Waals surface area contributed by atoms with Gasteiger partial charge in [0.05, 0.1) is 35.6 Å². The van der Waals surface area contributed by atoms with Crippen molar-refractivity contribution in [1.29, 1.82) is 0 Å². The second-order valence-corrected chi connectivity index (χ2v) is 5.76. The summed E-state index contributed by atoms with van der Waals surface area (Å²) in [7, 11) is 0. The Morgan fingerprint density at radius 3 is 2.22 bits per heavy atom. The number of hydrogen-bond donors (Lipinski definition) is 0. The maximum absolute atomic E-state index is 5.44. The first-order valence-electron chi connectivity index (χ1n) is 8.01. The van der Waals surface area contributed by atoms with Crippen LogP contribution in [0.3, 0.4) is 0 Å². The third kappa shape index (κ3) is 3.09. The maximum atomic E-state index is 5.44. The fourth-order valence-electron chi connectivity index (χ4n) is 2.95. The summed E-state index contributed by atoms with van der Waals surface area (Å²) in [5, 5.41) is 0. The highest BCUT2D eigenvalue weighted by atomic mass is 16.5. The normalized spacial score (nSPS) is 15.8. The monoisotopic (exact) mass is 305 g/mol. The molecule has 0 bridgehead atoms. The molecule has 4 rings (SSSR count). The summed E-state index contributed by atoms with van der Waals surface area (Å²) < 4.78 is 5.44. The Kier molecular flexibility index (Phi) is 4.01. The second-order valence-electron chi connectivity index (χ2n) is 5.76. The number of ether oxygens (including phenoxy) is 1. The zero-order valence-electron chi connectivity index (χ0n) is 13.0. The van der Waals surface area contributed by atoms with Crippen molar-refractivity contribution in [2.75, 3.05) is 26.3 Å². The number of nitrogens with zero attached hydrogens (tertiary/aromatic N) is 3. The van der Waals surface area contributed by atoms with E-state index in [0.717, 1.165) is 60.8 Å². The standard InChI is InChI=1S/C19H19N3O/c1-2-6-15(7-3-1)19-18(14-22-10-12-23-13-11-22)20-16-8-4-5-9-17(16)21-19/h1-9H,10-14H2. The first-order valence-corrected chi connectivity index (χ1v) is 8.01. The molecule has 1 fully saturated rings. The summed E-state index contributed by atoms with van der Waals surface area (Å²) in [5.41, 5.74) is 5.04. The van der Waals surface area contributed by atoms with E-state index in [1.807, 2.05) is 42.5 Å². The quantitative estimate of drug-likeness (QED) is 0.745. The van der Waals surface area contributed by atoms with Gasteiger partial charge < -0.3 is 4.74 Å². The van der Waals surface area contributed by atoms with Gasteiger partial charge in [0.15, 0.2) is 0 Å². The van der Waals surface area contributed by atoms with Gasteiger partial charge in [-0.15, -0.1) is 0 Å². The van der Waals surface area contributed by atoms with E-state index in [1.54, 1.807) is 0 Å². The number of benzene rings is 2. The van der Waals surface area contributed by atoms with Crippen molar-refractivity contribution in [3.8, 4) is 11.3 Å². The minimum absolute atomic E-state index is 0.793. The number of para-hydroxylation sites is 2. The summed E-state index contributed by atoms with van der Waals surface area (Å²) in [6.07, 6.45) is 0. The van der Waals surface area contributed by atoms with Crippen molar-refractivity contribution in [2.45, 2.75) is 6.54 Å². The van der Waals surface area contributed by atoms with Crippen LogP contribution < -0.4 is 0 Å². The van der Waals surface area contributed by atoms with Gasteiger partial charge in [0.2, 0.25) is 0 Å². The zero-order chi connectivity index (χ0) is 15.5. The molecule has 1 saturated heterocycles. The van der Waals surface area contributed by atoms with Crippen LogP contribution >= 0.6 is 0 Å². The van der Waals surface area contributed by atoms with Crippen LogP contribution in [0.25, 0.3) is 22.3 Å². The van der Waals surface area contributed by atoms with Gasteiger partial charge in [0.25, 0.3) is 0 Å². The number of aromatic nitrogens is 2. The summed E-state index contributed by atoms with van der Waals surface area (Å²) >= 11 is 0. The molecule has 1 aliphatic rings. The summed E-state index contributed by atoms with van der Waals surface area (Å²) in [5.74, 6) is 0. The van der Waals surface area contributed by atoms with Gasteiger partial charge in [-0.1, -0.05) is 42.5 Å². The molecular formula is C19H19N3O. The van der Waals surface area contributed by atoms with Crippen molar-refractivity contribution in [3.63, 3.8) is 0 Å². The van der Waals surface area contributed by atoms with Crippen molar-refractivity contribution in [3.05, 3.63) is 60.3 Å². The van der Waals surface area contributed by atoms with E-state index in [-0.39, 0.29) is 0 Å². The van der Waals surface area contributed by atoms with Gasteiger partial charge in [-0.3, -0.25) is 4.90 Å². The Bertz CT molecular complexity index is 798. The third-order valence-corrected chi connectivity index (χ3v) is 4.17. The predicted molar refractivity (Wildman–Crippen MR) is 91.1 cm³/mol. The molecule has 1 aliphatic heterocycles. The highest BCUT2D eigenvalue weighted by Gasteiger charge is 2.16. The topological polar surface area (TPSA) is 38.2 Å². The molecule has 0 aliphatic carbocycles. The van der Waals surface area contributed by atoms with Crippen LogP contribution in [-0.4, -0.2) is 41.2 Å². The third-order valence-electron chi connectivity index (χ3n) is 4.17. The molecular weight excluding hydrogens is 286 g/mol. The molecule has 0 N–H and O–H groups in total. The molecule has 4 nitrogen and oxygen atoms in total. The maximum Gasteiger partial charge on any atom is 0.0938 e. The van der Waals surface area contributed by atoms with E-state index in [1.165, 1.54) is 0 Å². The lowest BCUT2D eigenvalue weighted by Gasteiger charge is -2.26. The van der Waals surface area contributed by atoms with Crippen LogP contribution in [-0.2, 0) is 11.3 Å². The number of hydrogen-bond acceptors (Lipinski definition) is 4. The Hall–Kier alpha value is -2.30. The Morgan fingerprint density at radius 1 is 0.826 bits per heavy atom. The fourth-order valence-corrected chi connectivity index (χ4v) is 2.95. The number of morpholine rings is 1. The van der Waals surface area contributed by atoms with Crippen LogP contribution in [0, 0.1) is 0 Å². The first kappa shape index (κ1) is 14.3. The molecule has 0 saturated carbocycles. The van der Waals surface area contributed by atoms with E-state index < -0.39 is 0 Å². The van der Waals surface area contributed by atoms with Crippen LogP contribution in [0.1, 0.15) is 5.69 Å². The first-order chi connectivity index (χ1) is 11.4. The SMILES string of the molecule is c1ccc(-c2nc3ccccc3nc2CN2CCOCC2)cc1. The van der Waals surface area contributed by atoms with Crippen LogP contribution in [0.5, 0.6) is 0 Å². The smallest absolute Gasteiger partial charge is 0.0938 e. The lowest BCUT2D eigenvalue weighted by Crippen LogP contribution is -2.36. The van der Waals surface area contributed by atoms with Gasteiger partial charge in [-0.2, -0.15) is 0 Å². The van der Waals surface area contributed by atoms with Crippen molar-refractivity contribution in [1.82, 2.24) is 14.9 Å². The molecule has 4 heteroatoms. The van der Waals surface area contributed by atoms with Crippen molar-refractivity contribution >= 4 is 11.0 Å². The van der Waals surface area contributed by atoms with Gasteiger partial charge in [0, 0.05) is 25.2 Å². The van der Waals surface area contributed by atoms with Crippen molar-refractivity contribution < 1.29 is 4.74 Å². The Balaban J connectivity index is 1.79. The average Bonchev–Trinajstić information content (AvgIpc) is 2.63. The molecule has 0 unspecified atom stereocenters. The number of fused-ring (bicyclic) bond motifs is 1. The predicted octanol–water partition coefficient (Wildman–Crippen LogP) is 3.13. The van der Waals surface area contributed by atoms with Crippen LogP contribution in [0.2, 0.25) is 0 Å². The van der Waals surface area contributed by atoms with Crippen LogP contribution in [0.4, 0.5) is 0 Å². The lowest BCUT2D eigenvalue weighted by molar-refractivity contribution is 0.0337. The van der Waals surface area contributed by atoms with Gasteiger partial charge in [0.1, 0.15) is 0 Å². The van der Waals surface area contributed by atoms with Crippen LogP contribution in [0.15, 0.2) is 54.6 Å². The summed E-state index contributed by atoms with van der Waals surface area (Å²) in [6, 6.07) is 18.4. The highest BCUT2D eigenvalue weighted by molar-refractivity contribution is 5.78. The Morgan fingerprint density at radius 2 is 1.48 bits per heavy atom. The van der Waals surface area contributed by atoms with Gasteiger partial charge >= 0.3 is 0 Å². The summed E-state index contributed by atoms with van der Waals surface area (Å²) in [4.78, 5) is 12.2. The van der Waals surface area contributed by atoms with E-state index >= 15 is 0 Å². The van der Waals surface area contributed by atoms with E-state index in [9.17, 15) is 0 Å². The minimum atomic E-state index is 0.793. The molecule has 0 atom stereocenters. The second kappa shape index (κ2) is 6.44.